The molecule has 0 saturated carbocycles. The van der Waals surface area contributed by atoms with Gasteiger partial charge in [-0.2, -0.15) is 0 Å². The van der Waals surface area contributed by atoms with Gasteiger partial charge < -0.3 is 0 Å². The summed E-state index contributed by atoms with van der Waals surface area (Å²) in [5.74, 6) is 0.365. The molecule has 0 aliphatic heterocycles. The van der Waals surface area contributed by atoms with E-state index in [4.69, 9.17) is 0 Å². The maximum absolute atomic E-state index is 13.1. The minimum absolute atomic E-state index is 0.178. The Bertz CT molecular complexity index is 635. The second-order valence-electron chi connectivity index (χ2n) is 7.00. The van der Waals surface area contributed by atoms with Crippen LogP contribution in [0.5, 0.6) is 0 Å². The summed E-state index contributed by atoms with van der Waals surface area (Å²) in [5.41, 5.74) is 4.20. The maximum atomic E-state index is 13.1. The molecule has 2 bridgehead atoms. The molecule has 19 heavy (non-hydrogen) atoms. The quantitative estimate of drug-likeness (QED) is 0.635. The molecular weight excluding hydrogens is 232 g/mol. The van der Waals surface area contributed by atoms with E-state index in [1.54, 1.807) is 0 Å². The van der Waals surface area contributed by atoms with Gasteiger partial charge in [0.2, 0.25) is 0 Å². The van der Waals surface area contributed by atoms with Crippen LogP contribution < -0.4 is 0 Å². The van der Waals surface area contributed by atoms with Gasteiger partial charge in [0.05, 0.1) is 5.41 Å². The predicted octanol–water partition coefficient (Wildman–Crippen LogP) is 4.16. The molecule has 1 aromatic carbocycles. The summed E-state index contributed by atoms with van der Waals surface area (Å²) in [6, 6.07) is 8.49. The third kappa shape index (κ3) is 1.04. The van der Waals surface area contributed by atoms with Crippen LogP contribution in [0.1, 0.15) is 52.7 Å². The van der Waals surface area contributed by atoms with Crippen molar-refractivity contribution in [1.82, 2.24) is 0 Å². The zero-order valence-corrected chi connectivity index (χ0v) is 12.7. The summed E-state index contributed by atoms with van der Waals surface area (Å²) in [4.78, 5) is 13.1. The van der Waals surface area contributed by atoms with Crippen LogP contribution in [0.2, 0.25) is 0 Å². The lowest BCUT2D eigenvalue weighted by molar-refractivity contribution is -0.137. The largest absolute Gasteiger partial charge is 0.298 e. The number of benzene rings is 1. The number of carbonyl (C=O) groups excluding carboxylic acids is 1. The monoisotopic (exact) mass is 254 g/mol. The molecule has 2 unspecified atom stereocenters. The molecule has 0 heterocycles. The summed E-state index contributed by atoms with van der Waals surface area (Å²) in [5, 5.41) is 0. The lowest BCUT2D eigenvalue weighted by atomic mass is 9.41. The topological polar surface area (TPSA) is 17.1 Å². The van der Waals surface area contributed by atoms with Crippen LogP contribution in [-0.2, 0) is 15.6 Å². The first kappa shape index (κ1) is 12.7. The van der Waals surface area contributed by atoms with E-state index in [-0.39, 0.29) is 10.8 Å². The van der Waals surface area contributed by atoms with Gasteiger partial charge in [-0.3, -0.25) is 4.79 Å². The fourth-order valence-corrected chi connectivity index (χ4v) is 4.46. The normalized spacial score (nSPS) is 35.6. The highest BCUT2D eigenvalue weighted by molar-refractivity contribution is 6.03. The van der Waals surface area contributed by atoms with Crippen LogP contribution in [0.4, 0.5) is 0 Å². The number of allylic oxidation sites excluding steroid dienone is 2. The molecule has 1 heteroatoms. The van der Waals surface area contributed by atoms with Crippen molar-refractivity contribution >= 4 is 5.78 Å². The van der Waals surface area contributed by atoms with Crippen molar-refractivity contribution in [2.45, 2.75) is 52.4 Å². The molecule has 4 rings (SSSR count). The molecule has 3 aliphatic carbocycles. The molecule has 0 amide bonds. The fourth-order valence-electron chi connectivity index (χ4n) is 4.46. The van der Waals surface area contributed by atoms with Gasteiger partial charge in [0.15, 0.2) is 5.78 Å². The van der Waals surface area contributed by atoms with Crippen molar-refractivity contribution in [3.05, 3.63) is 46.5 Å². The van der Waals surface area contributed by atoms with Crippen molar-refractivity contribution < 1.29 is 4.79 Å². The van der Waals surface area contributed by atoms with Crippen molar-refractivity contribution in [2.24, 2.45) is 5.41 Å². The first-order valence-electron chi connectivity index (χ1n) is 7.03. The molecule has 0 N–H and O–H groups in total. The van der Waals surface area contributed by atoms with Gasteiger partial charge in [-0.25, -0.2) is 0 Å². The second-order valence-corrected chi connectivity index (χ2v) is 7.00. The maximum Gasteiger partial charge on any atom is 0.153 e. The summed E-state index contributed by atoms with van der Waals surface area (Å²) >= 11 is 0. The summed E-state index contributed by atoms with van der Waals surface area (Å²) in [6.07, 6.45) is 0. The van der Waals surface area contributed by atoms with E-state index in [2.05, 4.69) is 65.8 Å². The highest BCUT2D eigenvalue weighted by atomic mass is 16.1. The van der Waals surface area contributed by atoms with Crippen LogP contribution in [0.25, 0.3) is 0 Å². The van der Waals surface area contributed by atoms with Crippen molar-refractivity contribution in [3.63, 3.8) is 0 Å². The average molecular weight is 254 g/mol. The van der Waals surface area contributed by atoms with Gasteiger partial charge in [-0.1, -0.05) is 56.2 Å². The number of rotatable bonds is 0. The number of Topliss-reactive ketones (excluding diaryl/α,β-unsaturated/α-hetero) is 1. The van der Waals surface area contributed by atoms with Gasteiger partial charge in [0.25, 0.3) is 0 Å². The Kier molecular flexibility index (Phi) is 2.13. The Labute approximate surface area is 115 Å². The molecule has 1 aromatic rings. The lowest BCUT2D eigenvalue weighted by Crippen LogP contribution is -2.62. The van der Waals surface area contributed by atoms with Gasteiger partial charge in [0.1, 0.15) is 0 Å². The van der Waals surface area contributed by atoms with Crippen molar-refractivity contribution in [1.29, 1.82) is 0 Å². The Balaban J connectivity index is 2.54. The lowest BCUT2D eigenvalue weighted by Gasteiger charge is -2.60. The molecule has 100 valence electrons. The van der Waals surface area contributed by atoms with Crippen LogP contribution in [0.3, 0.4) is 0 Å². The van der Waals surface area contributed by atoms with Gasteiger partial charge in [-0.05, 0) is 31.9 Å². The van der Waals surface area contributed by atoms with Crippen molar-refractivity contribution in [3.8, 4) is 0 Å². The molecule has 0 radical (unpaired) electrons. The highest BCUT2D eigenvalue weighted by Crippen LogP contribution is 2.63. The average Bonchev–Trinajstić information content (AvgIpc) is 2.40. The minimum atomic E-state index is -0.443. The van der Waals surface area contributed by atoms with E-state index in [1.165, 1.54) is 22.3 Å². The fraction of sp³-hybridized carbons (Fsp3) is 0.500. The highest BCUT2D eigenvalue weighted by Gasteiger charge is 2.64. The second kappa shape index (κ2) is 3.20. The zero-order valence-electron chi connectivity index (χ0n) is 12.7. The van der Waals surface area contributed by atoms with E-state index in [0.29, 0.717) is 5.78 Å². The molecule has 1 nitrogen and oxygen atoms in total. The van der Waals surface area contributed by atoms with E-state index >= 15 is 0 Å². The predicted molar refractivity (Wildman–Crippen MR) is 78.3 cm³/mol. The number of carbonyl (C=O) groups is 1. The molecule has 0 fully saturated rings. The molecule has 0 aromatic heterocycles. The van der Waals surface area contributed by atoms with Gasteiger partial charge >= 0.3 is 0 Å². The van der Waals surface area contributed by atoms with Crippen LogP contribution >= 0.6 is 0 Å². The zero-order chi connectivity index (χ0) is 14.2. The number of hydrogen-bond donors (Lipinski definition) is 0. The molecule has 3 aliphatic rings. The van der Waals surface area contributed by atoms with Crippen LogP contribution in [0, 0.1) is 5.41 Å². The van der Waals surface area contributed by atoms with Gasteiger partial charge in [-0.15, -0.1) is 0 Å². The van der Waals surface area contributed by atoms with E-state index in [0.717, 1.165) is 0 Å². The molecular formula is C18H22O. The Morgan fingerprint density at radius 1 is 0.842 bits per heavy atom. The first-order valence-corrected chi connectivity index (χ1v) is 7.03. The standard InChI is InChI=1S/C18H22O/c1-11-12(2)18(6)14-10-8-7-9-13(14)17(11,5)15(19)16(18,3)4/h7-10H,1-6H3. The third-order valence-electron chi connectivity index (χ3n) is 6.34. The van der Waals surface area contributed by atoms with Crippen LogP contribution in [0.15, 0.2) is 35.4 Å². The summed E-state index contributed by atoms with van der Waals surface area (Å²) < 4.78 is 0. The molecule has 2 atom stereocenters. The summed E-state index contributed by atoms with van der Waals surface area (Å²) in [6.45, 7) is 12.9. The molecule has 0 saturated heterocycles. The first-order chi connectivity index (χ1) is 8.70. The van der Waals surface area contributed by atoms with Gasteiger partial charge in [0, 0.05) is 10.8 Å². The van der Waals surface area contributed by atoms with E-state index in [1.807, 2.05) is 0 Å². The minimum Gasteiger partial charge on any atom is -0.298 e. The van der Waals surface area contributed by atoms with E-state index in [9.17, 15) is 4.79 Å². The Morgan fingerprint density at radius 3 is 1.95 bits per heavy atom. The number of hydrogen-bond acceptors (Lipinski definition) is 1. The van der Waals surface area contributed by atoms with Crippen molar-refractivity contribution in [2.75, 3.05) is 0 Å². The Morgan fingerprint density at radius 2 is 1.37 bits per heavy atom. The Hall–Kier alpha value is -1.37. The third-order valence-corrected chi connectivity index (χ3v) is 6.34. The molecule has 0 spiro atoms. The SMILES string of the molecule is CC1=C(C)C2(C)c3ccccc3C1(C)C(=O)C2(C)C. The smallest absolute Gasteiger partial charge is 0.153 e. The number of fused-ring (bicyclic) bond motifs is 1. The summed E-state index contributed by atoms with van der Waals surface area (Å²) in [7, 11) is 0. The number of ketones is 1. The van der Waals surface area contributed by atoms with Crippen LogP contribution in [-0.4, -0.2) is 5.78 Å². The van der Waals surface area contributed by atoms with E-state index < -0.39 is 5.41 Å².